The fourth-order valence-corrected chi connectivity index (χ4v) is 5.42. The molecule has 3 fully saturated rings. The van der Waals surface area contributed by atoms with Crippen molar-refractivity contribution in [1.82, 2.24) is 14.9 Å². The number of morpholine rings is 1. The lowest BCUT2D eigenvalue weighted by atomic mass is 9.88. The first-order chi connectivity index (χ1) is 14.8. The van der Waals surface area contributed by atoms with Crippen molar-refractivity contribution in [3.05, 3.63) is 23.5 Å². The molecule has 3 aliphatic rings. The van der Waals surface area contributed by atoms with E-state index in [1.165, 1.54) is 18.4 Å². The Kier molecular flexibility index (Phi) is 5.89. The fraction of sp³-hybridized carbons (Fsp3) is 0.652. The number of nitrogens with one attached hydrogen (secondary N) is 2. The van der Waals surface area contributed by atoms with Crippen LogP contribution in [0.15, 0.2) is 12.4 Å². The molecule has 2 saturated heterocycles. The molecule has 4 heterocycles. The summed E-state index contributed by atoms with van der Waals surface area (Å²) in [6.45, 7) is 5.45. The Morgan fingerprint density at radius 3 is 2.50 bits per heavy atom. The van der Waals surface area contributed by atoms with Gasteiger partial charge in [-0.1, -0.05) is 0 Å². The van der Waals surface area contributed by atoms with E-state index < -0.39 is 0 Å². The number of hydrogen-bond acceptors (Lipinski definition) is 6. The van der Waals surface area contributed by atoms with E-state index in [-0.39, 0.29) is 0 Å². The van der Waals surface area contributed by atoms with Crippen molar-refractivity contribution < 1.29 is 9.47 Å². The van der Waals surface area contributed by atoms with Crippen molar-refractivity contribution in [2.24, 2.45) is 0 Å². The van der Waals surface area contributed by atoms with Crippen molar-refractivity contribution in [3.63, 3.8) is 0 Å². The number of nitrogens with zero attached hydrogens (tertiary/aromatic N) is 3. The van der Waals surface area contributed by atoms with Crippen LogP contribution in [0.4, 0.5) is 5.69 Å². The molecule has 30 heavy (non-hydrogen) atoms. The molecule has 2 aliphatic heterocycles. The lowest BCUT2D eigenvalue weighted by molar-refractivity contribution is 0.00791. The van der Waals surface area contributed by atoms with Crippen LogP contribution in [0.2, 0.25) is 0 Å². The Labute approximate surface area is 177 Å². The van der Waals surface area contributed by atoms with Gasteiger partial charge in [-0.05, 0) is 50.0 Å². The Morgan fingerprint density at radius 1 is 1.03 bits per heavy atom. The van der Waals surface area contributed by atoms with Crippen LogP contribution in [0.3, 0.4) is 0 Å². The molecule has 2 aromatic rings. The first kappa shape index (κ1) is 19.8. The molecule has 5 rings (SSSR count). The predicted molar refractivity (Wildman–Crippen MR) is 116 cm³/mol. The lowest BCUT2D eigenvalue weighted by Gasteiger charge is -2.39. The molecule has 0 amide bonds. The predicted octanol–water partition coefficient (Wildman–Crippen LogP) is 3.38. The van der Waals surface area contributed by atoms with Gasteiger partial charge in [0.05, 0.1) is 24.5 Å². The molecule has 0 aromatic carbocycles. The molecule has 0 radical (unpaired) electrons. The minimum Gasteiger partial charge on any atom is -0.381 e. The molecule has 160 valence electrons. The van der Waals surface area contributed by atoms with E-state index in [9.17, 15) is 5.26 Å². The van der Waals surface area contributed by atoms with Crippen LogP contribution in [0.5, 0.6) is 0 Å². The van der Waals surface area contributed by atoms with Crippen molar-refractivity contribution >= 4 is 16.7 Å². The lowest BCUT2D eigenvalue weighted by Crippen LogP contribution is -2.46. The maximum absolute atomic E-state index is 9.78. The number of aromatic nitrogens is 2. The molecule has 2 aromatic heterocycles. The largest absolute Gasteiger partial charge is 0.381 e. The summed E-state index contributed by atoms with van der Waals surface area (Å²) in [5.41, 5.74) is 3.77. The second-order valence-corrected chi connectivity index (χ2v) is 8.81. The Morgan fingerprint density at radius 2 is 1.77 bits per heavy atom. The third-order valence-electron chi connectivity index (χ3n) is 7.12. The summed E-state index contributed by atoms with van der Waals surface area (Å²) >= 11 is 0. The Balaban J connectivity index is 1.36. The Hall–Kier alpha value is -2.14. The molecular formula is C23H31N5O2. The molecule has 2 N–H and O–H groups in total. The van der Waals surface area contributed by atoms with Crippen molar-refractivity contribution in [2.45, 2.75) is 56.5 Å². The van der Waals surface area contributed by atoms with E-state index in [0.29, 0.717) is 23.6 Å². The number of nitriles is 1. The molecule has 0 unspecified atom stereocenters. The first-order valence-corrected chi connectivity index (χ1v) is 11.4. The van der Waals surface area contributed by atoms with Gasteiger partial charge in [0.2, 0.25) is 0 Å². The van der Waals surface area contributed by atoms with E-state index in [4.69, 9.17) is 9.47 Å². The number of ether oxygens (including phenoxy) is 2. The minimum atomic E-state index is 0.400. The molecule has 0 atom stereocenters. The van der Waals surface area contributed by atoms with Gasteiger partial charge < -0.3 is 19.8 Å². The van der Waals surface area contributed by atoms with E-state index >= 15 is 0 Å². The first-order valence-electron chi connectivity index (χ1n) is 11.4. The third-order valence-corrected chi connectivity index (χ3v) is 7.12. The smallest absolute Gasteiger partial charge is 0.139 e. The monoisotopic (exact) mass is 409 g/mol. The zero-order valence-corrected chi connectivity index (χ0v) is 17.5. The van der Waals surface area contributed by atoms with Crippen molar-refractivity contribution in [3.8, 4) is 6.07 Å². The van der Waals surface area contributed by atoms with Gasteiger partial charge in [-0.2, -0.15) is 5.26 Å². The van der Waals surface area contributed by atoms with Crippen LogP contribution in [0.25, 0.3) is 11.0 Å². The van der Waals surface area contributed by atoms with Crippen molar-refractivity contribution in [2.75, 3.05) is 44.8 Å². The van der Waals surface area contributed by atoms with Crippen molar-refractivity contribution in [1.29, 1.82) is 5.26 Å². The summed E-state index contributed by atoms with van der Waals surface area (Å²) in [4.78, 5) is 10.5. The number of hydrogen-bond donors (Lipinski definition) is 2. The fourth-order valence-electron chi connectivity index (χ4n) is 5.42. The molecule has 1 aliphatic carbocycles. The summed E-state index contributed by atoms with van der Waals surface area (Å²) < 4.78 is 11.1. The average molecular weight is 410 g/mol. The number of H-pyrrole nitrogens is 1. The number of pyridine rings is 1. The van der Waals surface area contributed by atoms with E-state index in [2.05, 4.69) is 32.5 Å². The Bertz CT molecular complexity index is 900. The summed E-state index contributed by atoms with van der Waals surface area (Å²) in [6.07, 6.45) is 10.5. The second-order valence-electron chi connectivity index (χ2n) is 8.81. The minimum absolute atomic E-state index is 0.400. The highest BCUT2D eigenvalue weighted by Gasteiger charge is 2.29. The molecule has 0 spiro atoms. The second kappa shape index (κ2) is 8.93. The average Bonchev–Trinajstić information content (AvgIpc) is 3.26. The van der Waals surface area contributed by atoms with E-state index in [1.54, 1.807) is 6.20 Å². The van der Waals surface area contributed by atoms with Gasteiger partial charge in [-0.25, -0.2) is 4.98 Å². The SMILES string of the molecule is N#Cc1cnc2[nH]cc(C3CCOCC3)c2c1N[C@H]1CC[C@H](N2CCOCC2)CC1. The van der Waals surface area contributed by atoms with Gasteiger partial charge in [0.1, 0.15) is 11.7 Å². The van der Waals surface area contributed by atoms with Crippen LogP contribution in [0, 0.1) is 11.3 Å². The highest BCUT2D eigenvalue weighted by atomic mass is 16.5. The van der Waals surface area contributed by atoms with Crippen LogP contribution < -0.4 is 5.32 Å². The summed E-state index contributed by atoms with van der Waals surface area (Å²) in [5, 5.41) is 14.7. The number of anilines is 1. The zero-order valence-electron chi connectivity index (χ0n) is 17.5. The van der Waals surface area contributed by atoms with Crippen LogP contribution in [-0.2, 0) is 9.47 Å². The van der Waals surface area contributed by atoms with Gasteiger partial charge in [0.25, 0.3) is 0 Å². The molecule has 0 bridgehead atoms. The maximum Gasteiger partial charge on any atom is 0.139 e. The van der Waals surface area contributed by atoms with Gasteiger partial charge >= 0.3 is 0 Å². The van der Waals surface area contributed by atoms with Crippen LogP contribution in [0.1, 0.15) is 55.6 Å². The van der Waals surface area contributed by atoms with Gasteiger partial charge in [-0.15, -0.1) is 0 Å². The summed E-state index contributed by atoms with van der Waals surface area (Å²) in [7, 11) is 0. The molecule has 7 heteroatoms. The third kappa shape index (κ3) is 3.92. The zero-order chi connectivity index (χ0) is 20.3. The van der Waals surface area contributed by atoms with E-state index in [0.717, 1.165) is 81.9 Å². The highest BCUT2D eigenvalue weighted by Crippen LogP contribution is 2.38. The number of rotatable bonds is 4. The quantitative estimate of drug-likeness (QED) is 0.805. The summed E-state index contributed by atoms with van der Waals surface area (Å²) in [6, 6.07) is 3.44. The normalized spacial score (nSPS) is 26.5. The van der Waals surface area contributed by atoms with Gasteiger partial charge in [-0.3, -0.25) is 4.90 Å². The summed E-state index contributed by atoms with van der Waals surface area (Å²) in [5.74, 6) is 0.459. The highest BCUT2D eigenvalue weighted by molar-refractivity contribution is 5.95. The topological polar surface area (TPSA) is 86.2 Å². The standard InChI is InChI=1S/C23H31N5O2/c24-13-17-14-25-23-21(20(15-26-23)16-5-9-29-10-6-16)22(17)27-18-1-3-19(4-2-18)28-7-11-30-12-8-28/h14-16,18-19H,1-12H2,(H2,25,26,27)/t18-,19-. The van der Waals surface area contributed by atoms with E-state index in [1.807, 2.05) is 0 Å². The molecule has 1 saturated carbocycles. The maximum atomic E-state index is 9.78. The molecular weight excluding hydrogens is 378 g/mol. The number of aromatic amines is 1. The number of fused-ring (bicyclic) bond motifs is 1. The van der Waals surface area contributed by atoms with Gasteiger partial charge in [0, 0.05) is 56.2 Å². The molecule has 7 nitrogen and oxygen atoms in total. The van der Waals surface area contributed by atoms with Crippen LogP contribution in [-0.4, -0.2) is 66.5 Å². The van der Waals surface area contributed by atoms with Crippen LogP contribution >= 0.6 is 0 Å². The van der Waals surface area contributed by atoms with Gasteiger partial charge in [0.15, 0.2) is 0 Å².